The zero-order valence-corrected chi connectivity index (χ0v) is 44.5. The predicted molar refractivity (Wildman–Crippen MR) is 133 cm³/mol. The molecule has 1 aromatic carbocycles. The Morgan fingerprint density at radius 1 is 0.833 bits per heavy atom. The van der Waals surface area contributed by atoms with Crippen molar-refractivity contribution in [2.45, 2.75) is 50.4 Å². The number of likely N-dealkylation sites (tertiary alicyclic amines) is 2. The first-order chi connectivity index (χ1) is 17.6. The van der Waals surface area contributed by atoms with Crippen LogP contribution in [0, 0.1) is 19.3 Å². The number of nitrogens with zero attached hydrogens (tertiary/aromatic N) is 2. The van der Waals surface area contributed by atoms with Crippen LogP contribution in [0.4, 0.5) is 0 Å². The minimum Gasteiger partial charge on any atom is -0.532 e. The van der Waals surface area contributed by atoms with Crippen LogP contribution in [0.3, 0.4) is 0 Å². The van der Waals surface area contributed by atoms with Gasteiger partial charge in [0.2, 0.25) is 0 Å². The average Bonchev–Trinajstić information content (AvgIpc) is 3.66. The van der Waals surface area contributed by atoms with Crippen molar-refractivity contribution in [2.24, 2.45) is 5.73 Å². The molecule has 4 atom stereocenters. The molecule has 3 aliphatic rings. The summed E-state index contributed by atoms with van der Waals surface area (Å²) in [6.45, 7) is 3.73. The van der Waals surface area contributed by atoms with Crippen molar-refractivity contribution in [1.82, 2.24) is 15.1 Å². The molecule has 4 unspecified atom stereocenters. The molecule has 12 nitrogen and oxygen atoms in total. The molecule has 1 aromatic rings. The minimum absolute atomic E-state index is 0. The summed E-state index contributed by atoms with van der Waals surface area (Å²) in [7, 11) is 0. The number of carbonyl (C=O) groups is 3. The topological polar surface area (TPSA) is 191 Å². The predicted octanol–water partition coefficient (Wildman–Crippen LogP) is -8.82. The Hall–Kier alpha value is 3.23. The Morgan fingerprint density at radius 2 is 1.26 bits per heavy atom. The number of nitrogens with two attached hydrogens (primary N) is 1. The quantitative estimate of drug-likeness (QED) is 0.171. The molecule has 0 spiro atoms. The molecule has 17 heteroatoms. The second-order valence-corrected chi connectivity index (χ2v) is 8.18. The number of hydrogen-bond acceptors (Lipinski definition) is 7. The van der Waals surface area contributed by atoms with Crippen LogP contribution >= 0.6 is 0 Å². The van der Waals surface area contributed by atoms with Crippen LogP contribution in [-0.4, -0.2) is 93.6 Å². The number of amides is 2. The molecular formula is C25H33N4O8Rb3Re2-2. The van der Waals surface area contributed by atoms with E-state index in [1.54, 1.807) is 32.1 Å². The minimum atomic E-state index is -0.985. The third kappa shape index (κ3) is 22.7. The van der Waals surface area contributed by atoms with Gasteiger partial charge in [-0.25, -0.2) is 0 Å². The van der Waals surface area contributed by atoms with E-state index in [2.05, 4.69) is 5.32 Å². The number of nitrogens with one attached hydrogen (secondary N) is 1. The summed E-state index contributed by atoms with van der Waals surface area (Å²) in [5, 5.41) is 28.0. The monoisotopic (exact) mass is 1150 g/mol. The van der Waals surface area contributed by atoms with E-state index in [4.69, 9.17) is 21.1 Å². The van der Waals surface area contributed by atoms with Crippen molar-refractivity contribution in [3.05, 3.63) is 55.2 Å². The van der Waals surface area contributed by atoms with Gasteiger partial charge in [0.15, 0.2) is 0 Å². The summed E-state index contributed by atoms with van der Waals surface area (Å²) < 4.78 is 0. The largest absolute Gasteiger partial charge is 1.00 e. The number of aliphatic carboxylic acids is 3. The molecule has 4 rings (SSSR count). The maximum atomic E-state index is 10.3. The van der Waals surface area contributed by atoms with Crippen LogP contribution in [-0.2, 0) is 64.8 Å². The van der Waals surface area contributed by atoms with Crippen molar-refractivity contribution in [3.63, 3.8) is 0 Å². The zero-order valence-electron chi connectivity index (χ0n) is 24.3. The molecule has 0 aromatic heterocycles. The summed E-state index contributed by atoms with van der Waals surface area (Å²) in [5.41, 5.74) is 6.81. The average molecular weight is 1150 g/mol. The Bertz CT molecular complexity index is 852. The number of hydrogen-bond donors (Lipinski definition) is 5. The molecule has 2 radical (unpaired) electrons. The van der Waals surface area contributed by atoms with Gasteiger partial charge in [0.25, 0.3) is 17.9 Å². The molecule has 3 aliphatic heterocycles. The Labute approximate surface area is 421 Å². The SMILES string of the molecule is CC(N)c1ccccc1.O=C(O)C1[CH-]CCN1.O=[C-]N1CC[CH-]C1C(=O)O.O=[C-]N1CC[CH-]C1C(=O)O.[Rb+].[Rb+].[Rb+].[Re].[Re]. The molecule has 220 valence electrons. The Morgan fingerprint density at radius 3 is 1.48 bits per heavy atom. The molecule has 0 bridgehead atoms. The van der Waals surface area contributed by atoms with E-state index < -0.39 is 36.0 Å². The van der Waals surface area contributed by atoms with Gasteiger partial charge in [-0.05, 0) is 50.2 Å². The number of carboxylic acids is 3. The van der Waals surface area contributed by atoms with Crippen molar-refractivity contribution >= 4 is 30.7 Å². The maximum Gasteiger partial charge on any atom is 1.00 e. The summed E-state index contributed by atoms with van der Waals surface area (Å²) in [6.07, 6.45) is 10.2. The van der Waals surface area contributed by atoms with Crippen LogP contribution in [0.5, 0.6) is 0 Å². The van der Waals surface area contributed by atoms with Gasteiger partial charge in [0.1, 0.15) is 0 Å². The molecule has 3 saturated heterocycles. The first-order valence-electron chi connectivity index (χ1n) is 11.6. The molecule has 0 saturated carbocycles. The van der Waals surface area contributed by atoms with Gasteiger partial charge < -0.3 is 45.8 Å². The second kappa shape index (κ2) is 32.8. The Balaban J connectivity index is -0.000000140. The van der Waals surface area contributed by atoms with E-state index in [0.29, 0.717) is 25.9 Å². The van der Waals surface area contributed by atoms with Crippen molar-refractivity contribution < 1.29 is 255 Å². The standard InChI is InChI=1S/C8H11N.2C6H7NO3.C5H8NO2.3Rb.2Re/c1-7(9)8-5-3-2-4-6-8;2*8-4-7-3-1-2-5(7)6(9)10;7-5(8)4-2-1-3-6-4;;;;;/h2-7H,9H2,1H3;2*2,5H,1,3H2,(H,9,10);2,4,6H,1,3H2,(H,7,8);;;;;/q;2*-2;-1;3*+1;;. The van der Waals surface area contributed by atoms with E-state index in [1.807, 2.05) is 37.3 Å². The first kappa shape index (κ1) is 54.7. The summed E-state index contributed by atoms with van der Waals surface area (Å²) in [6, 6.07) is 8.31. The molecule has 6 N–H and O–H groups in total. The van der Waals surface area contributed by atoms with Crippen molar-refractivity contribution in [2.75, 3.05) is 19.6 Å². The van der Waals surface area contributed by atoms with Crippen LogP contribution < -0.4 is 186 Å². The van der Waals surface area contributed by atoms with Gasteiger partial charge in [-0.1, -0.05) is 30.3 Å². The van der Waals surface area contributed by atoms with E-state index in [0.717, 1.165) is 22.8 Å². The van der Waals surface area contributed by atoms with Crippen molar-refractivity contribution in [3.8, 4) is 0 Å². The van der Waals surface area contributed by atoms with Gasteiger partial charge in [0.05, 0.1) is 0 Å². The first-order valence-corrected chi connectivity index (χ1v) is 11.6. The van der Waals surface area contributed by atoms with E-state index in [1.165, 1.54) is 5.56 Å². The molecule has 3 heterocycles. The molecule has 3 fully saturated rings. The van der Waals surface area contributed by atoms with Crippen molar-refractivity contribution in [1.29, 1.82) is 0 Å². The van der Waals surface area contributed by atoms with Crippen LogP contribution in [0.1, 0.15) is 37.8 Å². The fourth-order valence-corrected chi connectivity index (χ4v) is 3.47. The van der Waals surface area contributed by atoms with E-state index in [-0.39, 0.29) is 221 Å². The smallest absolute Gasteiger partial charge is 0.532 e. The molecule has 2 amide bonds. The van der Waals surface area contributed by atoms with E-state index >= 15 is 0 Å². The number of carbonyl (C=O) groups excluding carboxylic acids is 2. The van der Waals surface area contributed by atoms with Crippen LogP contribution in [0.15, 0.2) is 30.3 Å². The third-order valence-corrected chi connectivity index (χ3v) is 5.43. The third-order valence-electron chi connectivity index (χ3n) is 5.43. The van der Waals surface area contributed by atoms with Crippen LogP contribution in [0.25, 0.3) is 0 Å². The van der Waals surface area contributed by atoms with Gasteiger partial charge in [-0.2, -0.15) is 32.1 Å². The van der Waals surface area contributed by atoms with Gasteiger partial charge in [0, 0.05) is 46.9 Å². The van der Waals surface area contributed by atoms with E-state index in [9.17, 15) is 24.0 Å². The molecule has 42 heavy (non-hydrogen) atoms. The van der Waals surface area contributed by atoms with Gasteiger partial charge in [-0.3, -0.25) is 33.6 Å². The number of benzene rings is 1. The summed E-state index contributed by atoms with van der Waals surface area (Å²) in [4.78, 5) is 53.1. The van der Waals surface area contributed by atoms with Crippen LogP contribution in [0.2, 0.25) is 0 Å². The maximum absolute atomic E-state index is 10.3. The summed E-state index contributed by atoms with van der Waals surface area (Å²) in [5.74, 6) is -2.75. The molecule has 0 aliphatic carbocycles. The zero-order chi connectivity index (χ0) is 27.8. The second-order valence-electron chi connectivity index (χ2n) is 8.18. The van der Waals surface area contributed by atoms with Gasteiger partial charge in [-0.15, -0.1) is 0 Å². The normalized spacial score (nSPS) is 20.0. The fraction of sp³-hybridized carbons (Fsp3) is 0.440. The molecular weight excluding hydrogens is 1110 g/mol. The number of rotatable bonds is 6. The summed E-state index contributed by atoms with van der Waals surface area (Å²) >= 11 is 0. The fourth-order valence-electron chi connectivity index (χ4n) is 3.47. The number of carboxylic acid groups (broad SMARTS) is 3. The van der Waals surface area contributed by atoms with Gasteiger partial charge >= 0.3 is 175 Å². The Kier molecular flexibility index (Phi) is 42.6.